The SMILES string of the molecule is Cc1oc2cc(OCC(=O)O[C@@H]3CC[C@@]4(C)C(=CC[C@H]5[C@H]6CC[C@@H]([C@@H](C)CCCC(C)C)C[C@@]6(C)CC[C@H]54)C3)ccc2c(=O)c1Oc1ccc(Br)cc1. The number of ether oxygens (including phenoxy) is 3. The molecule has 0 N–H and O–H groups in total. The highest BCUT2D eigenvalue weighted by molar-refractivity contribution is 9.10. The highest BCUT2D eigenvalue weighted by Gasteiger charge is 2.56. The second kappa shape index (κ2) is 15.6. The molecular weight excluding hydrogens is 728 g/mol. The molecule has 0 aliphatic heterocycles. The Bertz CT molecular complexity index is 1880. The van der Waals surface area contributed by atoms with Crippen molar-refractivity contribution >= 4 is 32.9 Å². The molecule has 4 aliphatic carbocycles. The molecule has 8 atom stereocenters. The first-order valence-corrected chi connectivity index (χ1v) is 21.1. The van der Waals surface area contributed by atoms with Crippen molar-refractivity contribution in [3.05, 3.63) is 74.6 Å². The fraction of sp³-hybridized carbons (Fsp3) is 0.609. The number of carbonyl (C=O) groups is 1. The molecular formula is C46H59BrO6. The van der Waals surface area contributed by atoms with Crippen molar-refractivity contribution in [2.45, 2.75) is 125 Å². The molecule has 0 unspecified atom stereocenters. The summed E-state index contributed by atoms with van der Waals surface area (Å²) in [4.78, 5) is 26.3. The number of hydrogen-bond donors (Lipinski definition) is 0. The summed E-state index contributed by atoms with van der Waals surface area (Å²) in [5, 5.41) is 0.378. The van der Waals surface area contributed by atoms with E-state index in [1.165, 1.54) is 63.4 Å². The predicted molar refractivity (Wildman–Crippen MR) is 214 cm³/mol. The second-order valence-electron chi connectivity index (χ2n) is 18.0. The Morgan fingerprint density at radius 2 is 1.74 bits per heavy atom. The van der Waals surface area contributed by atoms with Gasteiger partial charge in [0.1, 0.15) is 28.9 Å². The van der Waals surface area contributed by atoms with E-state index in [2.05, 4.69) is 56.6 Å². The lowest BCUT2D eigenvalue weighted by atomic mass is 9.44. The summed E-state index contributed by atoms with van der Waals surface area (Å²) in [6.07, 6.45) is 17.5. The first-order chi connectivity index (χ1) is 25.3. The van der Waals surface area contributed by atoms with E-state index in [-0.39, 0.29) is 35.3 Å². The van der Waals surface area contributed by atoms with Crippen LogP contribution in [-0.2, 0) is 9.53 Å². The number of halogens is 1. The summed E-state index contributed by atoms with van der Waals surface area (Å²) < 4.78 is 24.6. The molecule has 53 heavy (non-hydrogen) atoms. The van der Waals surface area contributed by atoms with E-state index in [1.54, 1.807) is 37.3 Å². The highest BCUT2D eigenvalue weighted by atomic mass is 79.9. The van der Waals surface area contributed by atoms with Crippen LogP contribution in [0.1, 0.15) is 117 Å². The van der Waals surface area contributed by atoms with Gasteiger partial charge >= 0.3 is 5.97 Å². The van der Waals surface area contributed by atoms with Gasteiger partial charge in [0.15, 0.2) is 6.61 Å². The minimum atomic E-state index is -0.368. The number of rotatable bonds is 11. The lowest BCUT2D eigenvalue weighted by Crippen LogP contribution is -2.52. The monoisotopic (exact) mass is 786 g/mol. The van der Waals surface area contributed by atoms with Crippen molar-refractivity contribution in [1.82, 2.24) is 0 Å². The van der Waals surface area contributed by atoms with Crippen LogP contribution >= 0.6 is 15.9 Å². The van der Waals surface area contributed by atoms with Gasteiger partial charge in [0.25, 0.3) is 0 Å². The van der Waals surface area contributed by atoms with E-state index in [0.29, 0.717) is 33.6 Å². The Hall–Kier alpha value is -3.06. The summed E-state index contributed by atoms with van der Waals surface area (Å²) >= 11 is 3.41. The van der Waals surface area contributed by atoms with Crippen LogP contribution in [0.25, 0.3) is 11.0 Å². The lowest BCUT2D eigenvalue weighted by Gasteiger charge is -2.61. The zero-order valence-electron chi connectivity index (χ0n) is 32.7. The van der Waals surface area contributed by atoms with Gasteiger partial charge in [-0.05, 0) is 141 Å². The van der Waals surface area contributed by atoms with Crippen molar-refractivity contribution in [2.75, 3.05) is 6.61 Å². The first kappa shape index (κ1) is 38.2. The van der Waals surface area contributed by atoms with E-state index in [1.807, 2.05) is 12.1 Å². The van der Waals surface area contributed by atoms with Gasteiger partial charge in [-0.2, -0.15) is 0 Å². The van der Waals surface area contributed by atoms with Crippen LogP contribution in [0.15, 0.2) is 67.8 Å². The van der Waals surface area contributed by atoms with E-state index < -0.39 is 0 Å². The normalized spacial score (nSPS) is 30.1. The molecule has 3 fully saturated rings. The molecule has 7 heteroatoms. The third-order valence-electron chi connectivity index (χ3n) is 14.1. The van der Waals surface area contributed by atoms with Crippen LogP contribution < -0.4 is 14.9 Å². The smallest absolute Gasteiger partial charge is 0.344 e. The zero-order chi connectivity index (χ0) is 37.5. The quantitative estimate of drug-likeness (QED) is 0.142. The van der Waals surface area contributed by atoms with Gasteiger partial charge in [-0.25, -0.2) is 4.79 Å². The first-order valence-electron chi connectivity index (χ1n) is 20.4. The minimum absolute atomic E-state index is 0.120. The summed E-state index contributed by atoms with van der Waals surface area (Å²) in [7, 11) is 0. The number of esters is 1. The Morgan fingerprint density at radius 1 is 0.962 bits per heavy atom. The number of benzene rings is 2. The summed E-state index contributed by atoms with van der Waals surface area (Å²) in [6, 6.07) is 12.2. The average Bonchev–Trinajstić information content (AvgIpc) is 3.12. The highest BCUT2D eigenvalue weighted by Crippen LogP contribution is 2.65. The Labute approximate surface area is 324 Å². The Morgan fingerprint density at radius 3 is 2.51 bits per heavy atom. The molecule has 1 heterocycles. The number of aryl methyl sites for hydroxylation is 1. The van der Waals surface area contributed by atoms with Gasteiger partial charge in [0.2, 0.25) is 11.2 Å². The van der Waals surface area contributed by atoms with Crippen LogP contribution in [0.2, 0.25) is 0 Å². The topological polar surface area (TPSA) is 75.0 Å². The summed E-state index contributed by atoms with van der Waals surface area (Å²) in [6.45, 7) is 13.9. The number of hydrogen-bond acceptors (Lipinski definition) is 6. The van der Waals surface area contributed by atoms with Crippen molar-refractivity contribution < 1.29 is 23.4 Å². The summed E-state index contributed by atoms with van der Waals surface area (Å²) in [5.74, 6) is 6.03. The van der Waals surface area contributed by atoms with Crippen molar-refractivity contribution in [1.29, 1.82) is 0 Å². The molecule has 6 nitrogen and oxygen atoms in total. The van der Waals surface area contributed by atoms with Crippen LogP contribution in [0.3, 0.4) is 0 Å². The predicted octanol–water partition coefficient (Wildman–Crippen LogP) is 12.4. The number of allylic oxidation sites excluding steroid dienone is 1. The minimum Gasteiger partial charge on any atom is -0.482 e. The molecule has 286 valence electrons. The molecule has 7 rings (SSSR count). The van der Waals surface area contributed by atoms with Crippen molar-refractivity contribution in [2.24, 2.45) is 46.3 Å². The Balaban J connectivity index is 0.932. The molecule has 0 amide bonds. The van der Waals surface area contributed by atoms with Gasteiger partial charge in [-0.1, -0.05) is 81.5 Å². The van der Waals surface area contributed by atoms with Gasteiger partial charge in [-0.3, -0.25) is 4.79 Å². The maximum atomic E-state index is 13.3. The number of fused-ring (bicyclic) bond motifs is 6. The maximum Gasteiger partial charge on any atom is 0.344 e. The molecule has 2 aromatic carbocycles. The molecule has 4 aliphatic rings. The van der Waals surface area contributed by atoms with E-state index in [4.69, 9.17) is 18.6 Å². The Kier molecular flexibility index (Phi) is 11.2. The fourth-order valence-electron chi connectivity index (χ4n) is 11.1. The van der Waals surface area contributed by atoms with Crippen LogP contribution in [-0.4, -0.2) is 18.7 Å². The third-order valence-corrected chi connectivity index (χ3v) is 14.6. The standard InChI is InChI=1S/C46H59BrO6/c1-28(2)8-7-9-29(3)31-10-19-39-37-17-11-32-24-36(20-23-46(32,6)40(37)21-22-45(39,5)26-31)52-42(48)27-50-35-16-18-38-41(25-35)51-30(4)44(43(38)49)53-34-14-12-33(47)13-15-34/h11-16,18,25,28-29,31,36-37,39-40H,7-10,17,19-24,26-27H2,1-6H3/t29-,31+,36+,37-,39+,40+,45+,46-/m0/s1. The van der Waals surface area contributed by atoms with E-state index >= 15 is 0 Å². The molecule has 0 radical (unpaired) electrons. The average molecular weight is 788 g/mol. The van der Waals surface area contributed by atoms with E-state index in [9.17, 15) is 9.59 Å². The molecule has 1 aromatic heterocycles. The zero-order valence-corrected chi connectivity index (χ0v) is 34.3. The largest absolute Gasteiger partial charge is 0.482 e. The van der Waals surface area contributed by atoms with Gasteiger partial charge in [0.05, 0.1) is 5.39 Å². The summed E-state index contributed by atoms with van der Waals surface area (Å²) in [5.41, 5.74) is 2.32. The molecule has 0 saturated heterocycles. The van der Waals surface area contributed by atoms with Gasteiger partial charge in [0, 0.05) is 17.0 Å². The molecule has 0 bridgehead atoms. The van der Waals surface area contributed by atoms with Crippen molar-refractivity contribution in [3.63, 3.8) is 0 Å². The molecule has 3 aromatic rings. The number of carbonyl (C=O) groups excluding carboxylic acids is 1. The lowest BCUT2D eigenvalue weighted by molar-refractivity contribution is -0.154. The second-order valence-corrected chi connectivity index (χ2v) is 18.9. The molecule has 3 saturated carbocycles. The van der Waals surface area contributed by atoms with Crippen molar-refractivity contribution in [3.8, 4) is 17.2 Å². The van der Waals surface area contributed by atoms with Gasteiger partial charge in [-0.15, -0.1) is 0 Å². The molecule has 0 spiro atoms. The van der Waals surface area contributed by atoms with Crippen LogP contribution in [0.4, 0.5) is 0 Å². The van der Waals surface area contributed by atoms with Gasteiger partial charge < -0.3 is 18.6 Å². The fourth-order valence-corrected chi connectivity index (χ4v) is 11.3. The maximum absolute atomic E-state index is 13.3. The third kappa shape index (κ3) is 8.02. The van der Waals surface area contributed by atoms with Crippen LogP contribution in [0, 0.1) is 53.3 Å². The van der Waals surface area contributed by atoms with E-state index in [0.717, 1.165) is 59.2 Å². The van der Waals surface area contributed by atoms with Crippen LogP contribution in [0.5, 0.6) is 17.2 Å².